The first-order chi connectivity index (χ1) is 11.4. The zero-order valence-corrected chi connectivity index (χ0v) is 14.9. The molecule has 2 aliphatic rings. The van der Waals surface area contributed by atoms with Crippen molar-refractivity contribution in [1.29, 1.82) is 0 Å². The van der Waals surface area contributed by atoms with Gasteiger partial charge in [0.15, 0.2) is 0 Å². The number of rotatable bonds is 3. The number of aliphatic imine (C=N–C) groups is 1. The summed E-state index contributed by atoms with van der Waals surface area (Å²) in [6.07, 6.45) is 3.02. The van der Waals surface area contributed by atoms with Gasteiger partial charge in [-0.3, -0.25) is 14.8 Å². The number of ether oxygens (including phenoxy) is 1. The number of carbonyl (C=O) groups excluding carboxylic acids is 1. The molecule has 1 saturated heterocycles. The Balaban J connectivity index is 1.78. The highest BCUT2D eigenvalue weighted by Gasteiger charge is 2.31. The molecule has 0 bridgehead atoms. The number of carbonyl (C=O) groups is 1. The zero-order chi connectivity index (χ0) is 17.3. The van der Waals surface area contributed by atoms with Gasteiger partial charge in [-0.25, -0.2) is 4.79 Å². The number of urea groups is 1. The molecule has 1 aromatic rings. The van der Waals surface area contributed by atoms with Gasteiger partial charge in [-0.1, -0.05) is 20.8 Å². The maximum absolute atomic E-state index is 13.0. The predicted octanol–water partition coefficient (Wildman–Crippen LogP) is 3.71. The first-order valence-electron chi connectivity index (χ1n) is 8.39. The number of methoxy groups -OCH3 is 1. The Morgan fingerprint density at radius 3 is 2.33 bits per heavy atom. The van der Waals surface area contributed by atoms with Crippen LogP contribution in [0, 0.1) is 5.41 Å². The smallest absolute Gasteiger partial charge is 0.328 e. The highest BCUT2D eigenvalue weighted by molar-refractivity contribution is 6.02. The molecular weight excluding hydrogens is 302 g/mol. The lowest BCUT2D eigenvalue weighted by Crippen LogP contribution is -2.49. The van der Waals surface area contributed by atoms with Crippen LogP contribution in [0.3, 0.4) is 0 Å². The minimum absolute atomic E-state index is 0.0102. The van der Waals surface area contributed by atoms with Crippen LogP contribution in [0.1, 0.15) is 27.2 Å². The SMILES string of the molecule is COc1ccc(N2CCCN(C3=CC(C(C)(C)C)=NC3)C2=O)cc1. The molecule has 2 aliphatic heterocycles. The Bertz CT molecular complexity index is 684. The molecule has 0 unspecified atom stereocenters. The number of benzene rings is 1. The van der Waals surface area contributed by atoms with Gasteiger partial charge >= 0.3 is 6.03 Å². The summed E-state index contributed by atoms with van der Waals surface area (Å²) in [5.41, 5.74) is 2.98. The van der Waals surface area contributed by atoms with Crippen LogP contribution in [-0.2, 0) is 0 Å². The van der Waals surface area contributed by atoms with E-state index in [1.165, 1.54) is 0 Å². The summed E-state index contributed by atoms with van der Waals surface area (Å²) in [5, 5.41) is 0. The van der Waals surface area contributed by atoms with Gasteiger partial charge in [-0.05, 0) is 36.8 Å². The van der Waals surface area contributed by atoms with Crippen molar-refractivity contribution in [3.8, 4) is 5.75 Å². The molecule has 0 aromatic heterocycles. The van der Waals surface area contributed by atoms with Crippen molar-refractivity contribution in [2.45, 2.75) is 27.2 Å². The van der Waals surface area contributed by atoms with Crippen molar-refractivity contribution in [2.24, 2.45) is 10.4 Å². The van der Waals surface area contributed by atoms with Crippen LogP contribution in [0.4, 0.5) is 10.5 Å². The summed E-state index contributed by atoms with van der Waals surface area (Å²) in [5.74, 6) is 0.793. The Morgan fingerprint density at radius 2 is 1.75 bits per heavy atom. The Kier molecular flexibility index (Phi) is 4.35. The number of hydrogen-bond donors (Lipinski definition) is 0. The minimum atomic E-state index is 0.0102. The van der Waals surface area contributed by atoms with E-state index in [4.69, 9.17) is 4.74 Å². The van der Waals surface area contributed by atoms with Crippen molar-refractivity contribution in [2.75, 3.05) is 31.6 Å². The standard InChI is InChI=1S/C19H25N3O2/c1-19(2,3)17-12-15(13-20-17)22-11-5-10-21(18(22)23)14-6-8-16(24-4)9-7-14/h6-9,12H,5,10-11,13H2,1-4H3. The van der Waals surface area contributed by atoms with E-state index < -0.39 is 0 Å². The molecule has 0 N–H and O–H groups in total. The van der Waals surface area contributed by atoms with Gasteiger partial charge in [0, 0.05) is 35.6 Å². The third-order valence-electron chi connectivity index (χ3n) is 4.44. The van der Waals surface area contributed by atoms with Crippen LogP contribution < -0.4 is 9.64 Å². The van der Waals surface area contributed by atoms with Gasteiger partial charge in [0.1, 0.15) is 5.75 Å². The monoisotopic (exact) mass is 327 g/mol. The Labute approximate surface area is 143 Å². The predicted molar refractivity (Wildman–Crippen MR) is 96.9 cm³/mol. The van der Waals surface area contributed by atoms with Crippen molar-refractivity contribution in [3.63, 3.8) is 0 Å². The van der Waals surface area contributed by atoms with Crippen LogP contribution in [0.25, 0.3) is 0 Å². The average Bonchev–Trinajstić information content (AvgIpc) is 3.05. The molecule has 0 spiro atoms. The van der Waals surface area contributed by atoms with E-state index in [-0.39, 0.29) is 11.4 Å². The summed E-state index contributed by atoms with van der Waals surface area (Å²) >= 11 is 0. The van der Waals surface area contributed by atoms with Gasteiger partial charge in [0.2, 0.25) is 0 Å². The molecule has 24 heavy (non-hydrogen) atoms. The van der Waals surface area contributed by atoms with Gasteiger partial charge < -0.3 is 4.74 Å². The van der Waals surface area contributed by atoms with Gasteiger partial charge in [0.05, 0.1) is 13.7 Å². The molecule has 0 aliphatic carbocycles. The van der Waals surface area contributed by atoms with Crippen molar-refractivity contribution in [3.05, 3.63) is 36.0 Å². The van der Waals surface area contributed by atoms with Crippen LogP contribution in [0.15, 0.2) is 41.0 Å². The first-order valence-corrected chi connectivity index (χ1v) is 8.39. The summed E-state index contributed by atoms with van der Waals surface area (Å²) in [6, 6.07) is 7.66. The van der Waals surface area contributed by atoms with Crippen LogP contribution in [0.2, 0.25) is 0 Å². The molecular formula is C19H25N3O2. The molecule has 0 atom stereocenters. The highest BCUT2D eigenvalue weighted by Crippen LogP contribution is 2.28. The van der Waals surface area contributed by atoms with Gasteiger partial charge in [-0.15, -0.1) is 0 Å². The summed E-state index contributed by atoms with van der Waals surface area (Å²) in [4.78, 5) is 21.3. The molecule has 5 nitrogen and oxygen atoms in total. The molecule has 1 aromatic carbocycles. The van der Waals surface area contributed by atoms with E-state index in [1.807, 2.05) is 34.1 Å². The number of hydrogen-bond acceptors (Lipinski definition) is 3. The maximum atomic E-state index is 13.0. The van der Waals surface area contributed by atoms with Crippen molar-refractivity contribution >= 4 is 17.4 Å². The lowest BCUT2D eigenvalue weighted by atomic mass is 9.90. The molecule has 3 rings (SSSR count). The number of amides is 2. The summed E-state index contributed by atoms with van der Waals surface area (Å²) in [6.45, 7) is 8.52. The lowest BCUT2D eigenvalue weighted by molar-refractivity contribution is 0.209. The largest absolute Gasteiger partial charge is 0.497 e. The van der Waals surface area contributed by atoms with Crippen LogP contribution in [0.5, 0.6) is 5.75 Å². The molecule has 5 heteroatoms. The number of allylic oxidation sites excluding steroid dienone is 1. The average molecular weight is 327 g/mol. The number of nitrogens with zero attached hydrogens (tertiary/aromatic N) is 3. The van der Waals surface area contributed by atoms with Crippen molar-refractivity contribution in [1.82, 2.24) is 4.90 Å². The fourth-order valence-corrected chi connectivity index (χ4v) is 3.02. The molecule has 128 valence electrons. The minimum Gasteiger partial charge on any atom is -0.497 e. The first kappa shape index (κ1) is 16.6. The van der Waals surface area contributed by atoms with E-state index in [1.54, 1.807) is 7.11 Å². The normalized spacial score (nSPS) is 18.6. The molecule has 0 radical (unpaired) electrons. The molecule has 1 fully saturated rings. The van der Waals surface area contributed by atoms with Crippen LogP contribution in [-0.4, -0.2) is 43.4 Å². The highest BCUT2D eigenvalue weighted by atomic mass is 16.5. The second-order valence-electron chi connectivity index (χ2n) is 7.22. The van der Waals surface area contributed by atoms with E-state index >= 15 is 0 Å². The maximum Gasteiger partial charge on any atom is 0.328 e. The van der Waals surface area contributed by atoms with E-state index in [9.17, 15) is 4.79 Å². The van der Waals surface area contributed by atoms with Gasteiger partial charge in [-0.2, -0.15) is 0 Å². The van der Waals surface area contributed by atoms with Crippen molar-refractivity contribution < 1.29 is 9.53 Å². The fraction of sp³-hybridized carbons (Fsp3) is 0.474. The Hall–Kier alpha value is -2.30. The van der Waals surface area contributed by atoms with E-state index in [2.05, 4.69) is 31.8 Å². The summed E-state index contributed by atoms with van der Waals surface area (Å²) < 4.78 is 5.19. The second kappa shape index (κ2) is 6.30. The topological polar surface area (TPSA) is 45.1 Å². The Morgan fingerprint density at radius 1 is 1.08 bits per heavy atom. The molecule has 2 amide bonds. The number of anilines is 1. The molecule has 0 saturated carbocycles. The quantitative estimate of drug-likeness (QED) is 0.849. The van der Waals surface area contributed by atoms with Crippen LogP contribution >= 0.6 is 0 Å². The van der Waals surface area contributed by atoms with E-state index in [0.29, 0.717) is 6.54 Å². The second-order valence-corrected chi connectivity index (χ2v) is 7.22. The lowest BCUT2D eigenvalue weighted by Gasteiger charge is -2.36. The van der Waals surface area contributed by atoms with Gasteiger partial charge in [0.25, 0.3) is 0 Å². The van der Waals surface area contributed by atoms with E-state index in [0.717, 1.165) is 42.4 Å². The molecule has 2 heterocycles. The third-order valence-corrected chi connectivity index (χ3v) is 4.44. The third kappa shape index (κ3) is 3.16. The fourth-order valence-electron chi connectivity index (χ4n) is 3.02. The zero-order valence-electron chi connectivity index (χ0n) is 14.9. The summed E-state index contributed by atoms with van der Waals surface area (Å²) in [7, 11) is 1.64.